The number of nitrogens with one attached hydrogen (secondary N) is 2. The van der Waals surface area contributed by atoms with Crippen LogP contribution in [-0.4, -0.2) is 58.3 Å². The molecule has 0 aliphatic carbocycles. The third-order valence-corrected chi connectivity index (χ3v) is 3.92. The van der Waals surface area contributed by atoms with E-state index in [0.29, 0.717) is 19.1 Å². The van der Waals surface area contributed by atoms with Crippen LogP contribution in [0, 0.1) is 0 Å². The molecule has 1 saturated heterocycles. The minimum absolute atomic E-state index is 0.479. The molecule has 0 bridgehead atoms. The molecule has 0 saturated carbocycles. The van der Waals surface area contributed by atoms with E-state index in [-0.39, 0.29) is 0 Å². The van der Waals surface area contributed by atoms with Crippen molar-refractivity contribution < 1.29 is 8.42 Å². The normalized spacial score (nSPS) is 23.5. The van der Waals surface area contributed by atoms with Crippen LogP contribution in [0.25, 0.3) is 0 Å². The zero-order valence-electron chi connectivity index (χ0n) is 10.9. The van der Waals surface area contributed by atoms with Crippen LogP contribution in [0.2, 0.25) is 0 Å². The first kappa shape index (κ1) is 14.9. The monoisotopic (exact) mass is 263 g/mol. The van der Waals surface area contributed by atoms with Crippen molar-refractivity contribution in [1.29, 1.82) is 0 Å². The number of rotatable bonds is 6. The summed E-state index contributed by atoms with van der Waals surface area (Å²) in [5.41, 5.74) is 0. The van der Waals surface area contributed by atoms with E-state index in [1.807, 2.05) is 0 Å². The predicted octanol–water partition coefficient (Wildman–Crippen LogP) is -0.000400. The second-order valence-electron chi connectivity index (χ2n) is 4.68. The lowest BCUT2D eigenvalue weighted by molar-refractivity contribution is 0.297. The molecule has 1 atom stereocenters. The molecule has 102 valence electrons. The summed E-state index contributed by atoms with van der Waals surface area (Å²) in [7, 11) is -3.05. The third kappa shape index (κ3) is 6.98. The lowest BCUT2D eigenvalue weighted by Crippen LogP contribution is -2.37. The Morgan fingerprint density at radius 1 is 1.24 bits per heavy atom. The van der Waals surface area contributed by atoms with Gasteiger partial charge in [0.05, 0.1) is 6.26 Å². The predicted molar refractivity (Wildman–Crippen MR) is 70.6 cm³/mol. The molecule has 1 unspecified atom stereocenters. The molecule has 2 N–H and O–H groups in total. The number of nitrogens with zero attached hydrogens (tertiary/aromatic N) is 1. The van der Waals surface area contributed by atoms with Crippen LogP contribution in [0.5, 0.6) is 0 Å². The van der Waals surface area contributed by atoms with Gasteiger partial charge >= 0.3 is 0 Å². The van der Waals surface area contributed by atoms with Gasteiger partial charge in [-0.15, -0.1) is 0 Å². The van der Waals surface area contributed by atoms with Gasteiger partial charge in [0.25, 0.3) is 0 Å². The topological polar surface area (TPSA) is 61.4 Å². The summed E-state index contributed by atoms with van der Waals surface area (Å²) in [5.74, 6) is 0. The van der Waals surface area contributed by atoms with E-state index < -0.39 is 10.0 Å². The van der Waals surface area contributed by atoms with Crippen LogP contribution in [0.15, 0.2) is 0 Å². The fourth-order valence-corrected chi connectivity index (χ4v) is 2.66. The highest BCUT2D eigenvalue weighted by atomic mass is 32.2. The molecule has 17 heavy (non-hydrogen) atoms. The average Bonchev–Trinajstić information content (AvgIpc) is 2.48. The van der Waals surface area contributed by atoms with E-state index in [4.69, 9.17) is 0 Å². The Morgan fingerprint density at radius 2 is 2.00 bits per heavy atom. The van der Waals surface area contributed by atoms with Gasteiger partial charge in [0.15, 0.2) is 0 Å². The minimum atomic E-state index is -3.05. The van der Waals surface area contributed by atoms with Crippen LogP contribution < -0.4 is 10.0 Å². The lowest BCUT2D eigenvalue weighted by atomic mass is 10.1. The first-order valence-electron chi connectivity index (χ1n) is 6.41. The van der Waals surface area contributed by atoms with Gasteiger partial charge < -0.3 is 10.2 Å². The Balaban J connectivity index is 2.15. The highest BCUT2D eigenvalue weighted by Crippen LogP contribution is 2.10. The van der Waals surface area contributed by atoms with Crippen molar-refractivity contribution in [2.75, 3.05) is 39.0 Å². The molecule has 6 heteroatoms. The maximum atomic E-state index is 10.9. The summed E-state index contributed by atoms with van der Waals surface area (Å²) in [6.45, 7) is 6.85. The van der Waals surface area contributed by atoms with Crippen molar-refractivity contribution in [1.82, 2.24) is 14.9 Å². The van der Waals surface area contributed by atoms with Gasteiger partial charge in [-0.1, -0.05) is 6.92 Å². The second-order valence-corrected chi connectivity index (χ2v) is 6.52. The van der Waals surface area contributed by atoms with Crippen LogP contribution in [0.4, 0.5) is 0 Å². The summed E-state index contributed by atoms with van der Waals surface area (Å²) in [5, 5.41) is 3.43. The molecule has 1 heterocycles. The van der Waals surface area contributed by atoms with Crippen molar-refractivity contribution >= 4 is 10.0 Å². The average molecular weight is 263 g/mol. The van der Waals surface area contributed by atoms with Gasteiger partial charge in [-0.25, -0.2) is 13.1 Å². The number of hydrogen-bond acceptors (Lipinski definition) is 4. The largest absolute Gasteiger partial charge is 0.313 e. The van der Waals surface area contributed by atoms with Crippen LogP contribution >= 0.6 is 0 Å². The summed E-state index contributed by atoms with van der Waals surface area (Å²) in [6, 6.07) is 0.535. The van der Waals surface area contributed by atoms with E-state index in [9.17, 15) is 8.42 Å². The summed E-state index contributed by atoms with van der Waals surface area (Å²) in [6.07, 6.45) is 4.77. The maximum absolute atomic E-state index is 10.9. The molecular formula is C11H25N3O2S. The van der Waals surface area contributed by atoms with Gasteiger partial charge in [-0.3, -0.25) is 0 Å². The molecule has 1 fully saturated rings. The smallest absolute Gasteiger partial charge is 0.208 e. The van der Waals surface area contributed by atoms with Crippen molar-refractivity contribution in [3.8, 4) is 0 Å². The molecule has 1 rings (SSSR count). The zero-order chi connectivity index (χ0) is 12.7. The van der Waals surface area contributed by atoms with Crippen molar-refractivity contribution in [2.24, 2.45) is 0 Å². The van der Waals surface area contributed by atoms with E-state index >= 15 is 0 Å². The molecule has 0 amide bonds. The Bertz CT molecular complexity index is 306. The summed E-state index contributed by atoms with van der Waals surface area (Å²) in [4.78, 5) is 2.47. The molecule has 5 nitrogen and oxygen atoms in total. The molecular weight excluding hydrogens is 238 g/mol. The second kappa shape index (κ2) is 7.31. The third-order valence-electron chi connectivity index (χ3n) is 3.19. The standard InChI is InChI=1S/C11H25N3O2S/c1-3-14-9-4-5-11(6-10-14)12-7-8-13-17(2,15)16/h11-13H,3-10H2,1-2H3. The highest BCUT2D eigenvalue weighted by Gasteiger charge is 2.15. The van der Waals surface area contributed by atoms with Crippen LogP contribution in [0.1, 0.15) is 26.2 Å². The van der Waals surface area contributed by atoms with Gasteiger partial charge in [0.1, 0.15) is 0 Å². The van der Waals surface area contributed by atoms with Crippen molar-refractivity contribution in [3.05, 3.63) is 0 Å². The van der Waals surface area contributed by atoms with E-state index in [1.54, 1.807) is 0 Å². The van der Waals surface area contributed by atoms with E-state index in [2.05, 4.69) is 21.9 Å². The Labute approximate surface area is 105 Å². The van der Waals surface area contributed by atoms with Gasteiger partial charge in [0.2, 0.25) is 10.0 Å². The number of likely N-dealkylation sites (tertiary alicyclic amines) is 1. The molecule has 0 aromatic carbocycles. The Morgan fingerprint density at radius 3 is 2.65 bits per heavy atom. The minimum Gasteiger partial charge on any atom is -0.313 e. The molecule has 1 aliphatic heterocycles. The van der Waals surface area contributed by atoms with Gasteiger partial charge in [-0.05, 0) is 38.9 Å². The number of sulfonamides is 1. The molecule has 0 aromatic heterocycles. The van der Waals surface area contributed by atoms with E-state index in [0.717, 1.165) is 19.5 Å². The first-order chi connectivity index (χ1) is 8.01. The fraction of sp³-hybridized carbons (Fsp3) is 1.00. The molecule has 0 radical (unpaired) electrons. The molecule has 0 spiro atoms. The summed E-state index contributed by atoms with van der Waals surface area (Å²) >= 11 is 0. The Hall–Kier alpha value is -0.170. The zero-order valence-corrected chi connectivity index (χ0v) is 11.7. The quantitative estimate of drug-likeness (QED) is 0.662. The van der Waals surface area contributed by atoms with Gasteiger partial charge in [0, 0.05) is 19.1 Å². The first-order valence-corrected chi connectivity index (χ1v) is 8.31. The highest BCUT2D eigenvalue weighted by molar-refractivity contribution is 7.88. The fourth-order valence-electron chi connectivity index (χ4n) is 2.19. The van der Waals surface area contributed by atoms with Crippen LogP contribution in [-0.2, 0) is 10.0 Å². The van der Waals surface area contributed by atoms with Crippen molar-refractivity contribution in [2.45, 2.75) is 32.2 Å². The van der Waals surface area contributed by atoms with Crippen molar-refractivity contribution in [3.63, 3.8) is 0 Å². The van der Waals surface area contributed by atoms with E-state index in [1.165, 1.54) is 25.6 Å². The van der Waals surface area contributed by atoms with Crippen LogP contribution in [0.3, 0.4) is 0 Å². The molecule has 0 aromatic rings. The SMILES string of the molecule is CCN1CCCC(NCCNS(C)(=O)=O)CC1. The summed E-state index contributed by atoms with van der Waals surface area (Å²) < 4.78 is 24.2. The lowest BCUT2D eigenvalue weighted by Gasteiger charge is -2.18. The van der Waals surface area contributed by atoms with Gasteiger partial charge in [-0.2, -0.15) is 0 Å². The molecule has 1 aliphatic rings. The Kier molecular flexibility index (Phi) is 6.40. The maximum Gasteiger partial charge on any atom is 0.208 e. The number of hydrogen-bond donors (Lipinski definition) is 2.